The molecule has 0 fully saturated rings. The smallest absolute Gasteiger partial charge is 0.338 e. The summed E-state index contributed by atoms with van der Waals surface area (Å²) >= 11 is 0. The predicted octanol–water partition coefficient (Wildman–Crippen LogP) is 4.12. The van der Waals surface area contributed by atoms with Gasteiger partial charge in [-0.15, -0.1) is 0 Å². The van der Waals surface area contributed by atoms with Crippen LogP contribution in [0.3, 0.4) is 0 Å². The van der Waals surface area contributed by atoms with E-state index in [2.05, 4.69) is 41.5 Å². The van der Waals surface area contributed by atoms with E-state index < -0.39 is 8.56 Å². The third kappa shape index (κ3) is 8.24. The van der Waals surface area contributed by atoms with E-state index in [9.17, 15) is 0 Å². The highest BCUT2D eigenvalue weighted by atomic mass is 28.4. The summed E-state index contributed by atoms with van der Waals surface area (Å²) < 4.78 is 17.9. The predicted molar refractivity (Wildman–Crippen MR) is 79.2 cm³/mol. The quantitative estimate of drug-likeness (QED) is 0.420. The van der Waals surface area contributed by atoms with Crippen LogP contribution in [0.4, 0.5) is 0 Å². The van der Waals surface area contributed by atoms with E-state index in [1.165, 1.54) is 0 Å². The molecule has 0 saturated heterocycles. The third-order valence-electron chi connectivity index (χ3n) is 2.63. The molecule has 0 aromatic heterocycles. The number of hydrogen-bond acceptors (Lipinski definition) is 3. The molecule has 0 aliphatic carbocycles. The van der Waals surface area contributed by atoms with Gasteiger partial charge in [0.15, 0.2) is 0 Å². The molecule has 110 valence electrons. The monoisotopic (exact) mass is 276 g/mol. The first-order valence-electron chi connectivity index (χ1n) is 7.39. The molecule has 0 rings (SSSR count). The fourth-order valence-corrected chi connectivity index (χ4v) is 5.42. The molecule has 3 nitrogen and oxygen atoms in total. The minimum atomic E-state index is -2.04. The molecule has 0 N–H and O–H groups in total. The summed E-state index contributed by atoms with van der Waals surface area (Å²) in [7, 11) is -2.04. The van der Waals surface area contributed by atoms with Crippen molar-refractivity contribution in [1.29, 1.82) is 0 Å². The Labute approximate surface area is 114 Å². The van der Waals surface area contributed by atoms with Gasteiger partial charge in [-0.25, -0.2) is 0 Å². The van der Waals surface area contributed by atoms with E-state index in [1.54, 1.807) is 0 Å². The Morgan fingerprint density at radius 3 is 1.83 bits per heavy atom. The molecule has 0 spiro atoms. The van der Waals surface area contributed by atoms with E-state index in [0.717, 1.165) is 38.1 Å². The molecule has 0 amide bonds. The molecule has 18 heavy (non-hydrogen) atoms. The Balaban J connectivity index is 4.25. The summed E-state index contributed by atoms with van der Waals surface area (Å²) in [6.45, 7) is 14.4. The third-order valence-corrected chi connectivity index (χ3v) is 6.63. The van der Waals surface area contributed by atoms with Crippen LogP contribution < -0.4 is 0 Å². The maximum absolute atomic E-state index is 6.17. The molecule has 0 aliphatic rings. The van der Waals surface area contributed by atoms with Crippen molar-refractivity contribution < 1.29 is 13.6 Å². The number of ether oxygens (including phenoxy) is 1. The summed E-state index contributed by atoms with van der Waals surface area (Å²) in [5.41, 5.74) is 0. The van der Waals surface area contributed by atoms with Gasteiger partial charge in [-0.2, -0.15) is 0 Å². The first-order valence-corrected chi connectivity index (χ1v) is 9.62. The number of rotatable bonds is 11. The SMILES string of the molecule is CCCOCCC[Si](CC)(OC(C)C)OC(C)C. The molecule has 0 unspecified atom stereocenters. The largest absolute Gasteiger partial charge is 0.392 e. The van der Waals surface area contributed by atoms with Crippen molar-refractivity contribution in [1.82, 2.24) is 0 Å². The highest BCUT2D eigenvalue weighted by Gasteiger charge is 2.37. The van der Waals surface area contributed by atoms with Crippen molar-refractivity contribution in [2.45, 2.75) is 78.7 Å². The van der Waals surface area contributed by atoms with Crippen LogP contribution in [0.1, 0.15) is 54.4 Å². The fraction of sp³-hybridized carbons (Fsp3) is 1.00. The van der Waals surface area contributed by atoms with Gasteiger partial charge in [-0.05, 0) is 52.6 Å². The molecule has 0 radical (unpaired) electrons. The van der Waals surface area contributed by atoms with Crippen LogP contribution in [0.5, 0.6) is 0 Å². The van der Waals surface area contributed by atoms with Gasteiger partial charge in [0.2, 0.25) is 0 Å². The average molecular weight is 276 g/mol. The van der Waals surface area contributed by atoms with Crippen LogP contribution in [-0.2, 0) is 13.6 Å². The second kappa shape index (κ2) is 9.95. The van der Waals surface area contributed by atoms with Gasteiger partial charge in [0.1, 0.15) is 0 Å². The molecular formula is C14H32O3Si. The van der Waals surface area contributed by atoms with Crippen molar-refractivity contribution in [3.63, 3.8) is 0 Å². The summed E-state index contributed by atoms with van der Waals surface area (Å²) in [6, 6.07) is 2.04. The Morgan fingerprint density at radius 1 is 0.889 bits per heavy atom. The normalized spacial score (nSPS) is 12.7. The van der Waals surface area contributed by atoms with Gasteiger partial charge < -0.3 is 13.6 Å². The van der Waals surface area contributed by atoms with Gasteiger partial charge in [0, 0.05) is 25.4 Å². The molecule has 0 saturated carbocycles. The van der Waals surface area contributed by atoms with Gasteiger partial charge in [0.25, 0.3) is 0 Å². The van der Waals surface area contributed by atoms with Gasteiger partial charge in [0.05, 0.1) is 0 Å². The zero-order chi connectivity index (χ0) is 14.0. The minimum absolute atomic E-state index is 0.243. The van der Waals surface area contributed by atoms with Crippen LogP contribution >= 0.6 is 0 Å². The molecule has 0 aliphatic heterocycles. The van der Waals surface area contributed by atoms with E-state index in [4.69, 9.17) is 13.6 Å². The lowest BCUT2D eigenvalue weighted by Crippen LogP contribution is -2.45. The summed E-state index contributed by atoms with van der Waals surface area (Å²) in [5.74, 6) is 0. The highest BCUT2D eigenvalue weighted by molar-refractivity contribution is 6.67. The molecular weight excluding hydrogens is 244 g/mol. The summed E-state index contributed by atoms with van der Waals surface area (Å²) in [5, 5.41) is 0. The lowest BCUT2D eigenvalue weighted by atomic mass is 10.5. The van der Waals surface area contributed by atoms with Crippen LogP contribution in [0, 0.1) is 0 Å². The lowest BCUT2D eigenvalue weighted by Gasteiger charge is -2.33. The van der Waals surface area contributed by atoms with E-state index >= 15 is 0 Å². The standard InChI is InChI=1S/C14H32O3Si/c1-7-10-15-11-9-12-18(8-2,16-13(3)4)17-14(5)6/h13-14H,7-12H2,1-6H3. The van der Waals surface area contributed by atoms with Crippen molar-refractivity contribution in [3.05, 3.63) is 0 Å². The van der Waals surface area contributed by atoms with Gasteiger partial charge in [-0.3, -0.25) is 0 Å². The topological polar surface area (TPSA) is 27.7 Å². The fourth-order valence-electron chi connectivity index (χ4n) is 2.04. The van der Waals surface area contributed by atoms with Crippen molar-refractivity contribution in [2.24, 2.45) is 0 Å². The van der Waals surface area contributed by atoms with Crippen LogP contribution in [-0.4, -0.2) is 34.0 Å². The number of hydrogen-bond donors (Lipinski definition) is 0. The zero-order valence-corrected chi connectivity index (χ0v) is 14.1. The van der Waals surface area contributed by atoms with Gasteiger partial charge in [-0.1, -0.05) is 13.8 Å². The van der Waals surface area contributed by atoms with E-state index in [-0.39, 0.29) is 12.2 Å². The molecule has 0 aromatic carbocycles. The summed E-state index contributed by atoms with van der Waals surface area (Å²) in [6.07, 6.45) is 2.61. The lowest BCUT2D eigenvalue weighted by molar-refractivity contribution is 0.0972. The second-order valence-electron chi connectivity index (χ2n) is 5.31. The van der Waals surface area contributed by atoms with Crippen LogP contribution in [0.2, 0.25) is 12.1 Å². The van der Waals surface area contributed by atoms with E-state index in [1.807, 2.05) is 0 Å². The van der Waals surface area contributed by atoms with Crippen molar-refractivity contribution in [3.8, 4) is 0 Å². The molecule has 0 atom stereocenters. The molecule has 0 bridgehead atoms. The molecule has 0 aromatic rings. The molecule has 4 heteroatoms. The van der Waals surface area contributed by atoms with Crippen LogP contribution in [0.15, 0.2) is 0 Å². The van der Waals surface area contributed by atoms with E-state index in [0.29, 0.717) is 0 Å². The summed E-state index contributed by atoms with van der Waals surface area (Å²) in [4.78, 5) is 0. The van der Waals surface area contributed by atoms with Crippen LogP contribution in [0.25, 0.3) is 0 Å². The minimum Gasteiger partial charge on any atom is -0.392 e. The molecule has 0 heterocycles. The Kier molecular flexibility index (Phi) is 10.0. The highest BCUT2D eigenvalue weighted by Crippen LogP contribution is 2.24. The Hall–Kier alpha value is 0.0969. The Morgan fingerprint density at radius 2 is 1.44 bits per heavy atom. The first kappa shape index (κ1) is 18.1. The second-order valence-corrected chi connectivity index (χ2v) is 8.81. The van der Waals surface area contributed by atoms with Crippen molar-refractivity contribution in [2.75, 3.05) is 13.2 Å². The first-order chi connectivity index (χ1) is 8.45. The van der Waals surface area contributed by atoms with Gasteiger partial charge >= 0.3 is 8.56 Å². The zero-order valence-electron chi connectivity index (χ0n) is 13.1. The maximum Gasteiger partial charge on any atom is 0.338 e. The Bertz CT molecular complexity index is 185. The average Bonchev–Trinajstić information content (AvgIpc) is 2.27. The maximum atomic E-state index is 6.17. The van der Waals surface area contributed by atoms with Crippen molar-refractivity contribution >= 4 is 8.56 Å².